The quantitative estimate of drug-likeness (QED) is 0.0835. The van der Waals surface area contributed by atoms with Crippen LogP contribution in [-0.2, 0) is 32.2 Å². The number of aromatic amines is 1. The number of nitrogens with two attached hydrogens (primary N) is 1. The van der Waals surface area contributed by atoms with Crippen molar-refractivity contribution in [2.24, 2.45) is 0 Å². The number of aliphatic hydroxyl groups is 5. The lowest BCUT2D eigenvalue weighted by Gasteiger charge is -2.41. The number of phosphoric acid groups is 1. The Balaban J connectivity index is 0.00000500. The highest BCUT2D eigenvalue weighted by Gasteiger charge is 2.48. The van der Waals surface area contributed by atoms with E-state index in [9.17, 15) is 44.4 Å². The monoisotopic (exact) mass is 710 g/mol. The summed E-state index contributed by atoms with van der Waals surface area (Å²) in [5, 5.41) is 51.3. The summed E-state index contributed by atoms with van der Waals surface area (Å²) in [6.07, 6.45) is -12.2. The van der Waals surface area contributed by atoms with E-state index in [2.05, 4.69) is 19.3 Å². The van der Waals surface area contributed by atoms with E-state index < -0.39 is 103 Å². The fourth-order valence-corrected chi connectivity index (χ4v) is 6.82. The number of aromatic nitrogens is 4. The van der Waals surface area contributed by atoms with Gasteiger partial charge in [-0.25, -0.2) is 9.55 Å². The predicted molar refractivity (Wildman–Crippen MR) is 156 cm³/mol. The molecular weight excluding hydrogens is 676 g/mol. The molecule has 3 aromatic rings. The van der Waals surface area contributed by atoms with Crippen LogP contribution in [0.4, 0.5) is 5.95 Å². The van der Waals surface area contributed by atoms with Gasteiger partial charge in [-0.05, 0) is 21.0 Å². The number of aliphatic hydroxyl groups excluding tert-OH is 5. The van der Waals surface area contributed by atoms with Gasteiger partial charge < -0.3 is 60.6 Å². The molecule has 4 heterocycles. The maximum Gasteiger partial charge on any atom is 0.521 e. The Labute approximate surface area is 265 Å². The summed E-state index contributed by atoms with van der Waals surface area (Å²) < 4.78 is 58.0. The number of nitrogens with one attached hydrogen (secondary N) is 1. The molecule has 0 saturated carbocycles. The van der Waals surface area contributed by atoms with E-state index >= 15 is 0 Å². The van der Waals surface area contributed by atoms with Crippen LogP contribution in [0.1, 0.15) is 6.23 Å². The number of rotatable bonds is 13. The zero-order valence-electron chi connectivity index (χ0n) is 24.2. The number of benzene rings is 1. The van der Waals surface area contributed by atoms with E-state index in [1.165, 1.54) is 0 Å². The fourth-order valence-electron chi connectivity index (χ4n) is 4.80. The minimum absolute atomic E-state index is 0. The Morgan fingerprint density at radius 3 is 2.47 bits per heavy atom. The first-order valence-corrected chi connectivity index (χ1v) is 16.6. The number of hydrogen-bond acceptors (Lipinski definition) is 17. The number of para-hydroxylation sites is 1. The van der Waals surface area contributed by atoms with Crippen LogP contribution in [-0.4, -0.2) is 130 Å². The molecule has 23 heteroatoms. The van der Waals surface area contributed by atoms with Gasteiger partial charge in [0.1, 0.15) is 48.5 Å². The standard InChI is InChI=1S/C24H31N5O15P2.H2O/c25-24-27-20-14(21(35)28-24)26-10-29(20)22-18(34)16(32)13(42-22)9-40-46(37,38)44-45(36)7-6-39-19-17(33)15(31)12(8-30)43-23(19)41-11-4-2-1-3-5-11;/h1-5,10,12-13,15-19,22-23,30-34H,6-9H2,(H3-,25,27,28,35,37,38);1H2/p+1/t12?,13-,15+,16-,17?,18?,19?,22-,23-;/m1./s1. The van der Waals surface area contributed by atoms with Gasteiger partial charge in [0.2, 0.25) is 18.4 Å². The molecule has 260 valence electrons. The van der Waals surface area contributed by atoms with Gasteiger partial charge in [0.15, 0.2) is 17.4 Å². The van der Waals surface area contributed by atoms with Crippen LogP contribution in [0.2, 0.25) is 0 Å². The molecular formula is C24H34N5O16P2+. The molecule has 47 heavy (non-hydrogen) atoms. The van der Waals surface area contributed by atoms with Gasteiger partial charge in [-0.2, -0.15) is 4.98 Å². The zero-order chi connectivity index (χ0) is 33.2. The first kappa shape index (κ1) is 36.8. The zero-order valence-corrected chi connectivity index (χ0v) is 25.9. The highest BCUT2D eigenvalue weighted by molar-refractivity contribution is 7.57. The molecule has 2 fully saturated rings. The Hall–Kier alpha value is -2.98. The number of imidazole rings is 1. The number of fused-ring (bicyclic) bond motifs is 1. The Kier molecular flexibility index (Phi) is 12.1. The van der Waals surface area contributed by atoms with Crippen LogP contribution in [0.15, 0.2) is 41.5 Å². The van der Waals surface area contributed by atoms with Crippen molar-refractivity contribution in [2.75, 3.05) is 31.7 Å². The molecule has 0 spiro atoms. The highest BCUT2D eigenvalue weighted by Crippen LogP contribution is 2.52. The lowest BCUT2D eigenvalue weighted by atomic mass is 9.99. The molecule has 2 aromatic heterocycles. The second-order valence-electron chi connectivity index (χ2n) is 10.2. The van der Waals surface area contributed by atoms with Crippen LogP contribution in [0.25, 0.3) is 11.2 Å². The molecule has 2 aliphatic rings. The van der Waals surface area contributed by atoms with Gasteiger partial charge in [-0.3, -0.25) is 18.9 Å². The van der Waals surface area contributed by atoms with E-state index in [-0.39, 0.29) is 22.6 Å². The van der Waals surface area contributed by atoms with Gasteiger partial charge in [0.25, 0.3) is 5.56 Å². The number of phosphoric ester groups is 1. The van der Waals surface area contributed by atoms with E-state index in [1.54, 1.807) is 30.3 Å². The third-order valence-electron chi connectivity index (χ3n) is 7.06. The van der Waals surface area contributed by atoms with Gasteiger partial charge in [0, 0.05) is 0 Å². The molecule has 11 atom stereocenters. The van der Waals surface area contributed by atoms with Gasteiger partial charge in [-0.15, -0.1) is 0 Å². The van der Waals surface area contributed by atoms with Crippen molar-refractivity contribution >= 4 is 33.0 Å². The lowest BCUT2D eigenvalue weighted by Crippen LogP contribution is -2.61. The molecule has 0 bridgehead atoms. The fraction of sp³-hybridized carbons (Fsp3) is 0.542. The van der Waals surface area contributed by atoms with Crippen LogP contribution in [0.3, 0.4) is 0 Å². The molecule has 0 amide bonds. The average molecular weight is 711 g/mol. The molecule has 2 aliphatic heterocycles. The van der Waals surface area contributed by atoms with Crippen molar-refractivity contribution in [3.05, 3.63) is 47.0 Å². The van der Waals surface area contributed by atoms with Crippen LogP contribution in [0.5, 0.6) is 5.75 Å². The maximum atomic E-state index is 12.5. The summed E-state index contributed by atoms with van der Waals surface area (Å²) in [5.41, 5.74) is 4.76. The largest absolute Gasteiger partial charge is 0.521 e. The van der Waals surface area contributed by atoms with Crippen molar-refractivity contribution in [1.82, 2.24) is 19.5 Å². The van der Waals surface area contributed by atoms with Crippen molar-refractivity contribution in [3.8, 4) is 5.75 Å². The molecule has 0 radical (unpaired) electrons. The van der Waals surface area contributed by atoms with Crippen molar-refractivity contribution < 1.29 is 72.8 Å². The van der Waals surface area contributed by atoms with E-state index in [1.807, 2.05) is 0 Å². The smallest absolute Gasteiger partial charge is 0.462 e. The van der Waals surface area contributed by atoms with Gasteiger partial charge in [-0.1, -0.05) is 18.2 Å². The minimum atomic E-state index is -5.02. The first-order chi connectivity index (χ1) is 21.9. The van der Waals surface area contributed by atoms with Crippen molar-refractivity contribution in [1.29, 1.82) is 0 Å². The average Bonchev–Trinajstić information content (AvgIpc) is 3.55. The topological polar surface area (TPSA) is 332 Å². The summed E-state index contributed by atoms with van der Waals surface area (Å²) in [7, 11) is -7.92. The van der Waals surface area contributed by atoms with Crippen LogP contribution in [0, 0.1) is 0 Å². The summed E-state index contributed by atoms with van der Waals surface area (Å²) in [4.78, 5) is 32.3. The summed E-state index contributed by atoms with van der Waals surface area (Å²) in [5.74, 6) is 0.0981. The van der Waals surface area contributed by atoms with Crippen molar-refractivity contribution in [3.63, 3.8) is 0 Å². The Morgan fingerprint density at radius 1 is 1.06 bits per heavy atom. The number of nitrogen functional groups attached to an aromatic ring is 1. The van der Waals surface area contributed by atoms with E-state index in [0.717, 1.165) is 10.9 Å². The van der Waals surface area contributed by atoms with Crippen LogP contribution < -0.4 is 16.0 Å². The third kappa shape index (κ3) is 8.37. The molecule has 0 aliphatic carbocycles. The Bertz CT molecular complexity index is 1610. The number of ether oxygens (including phenoxy) is 4. The molecule has 5 rings (SSSR count). The summed E-state index contributed by atoms with van der Waals surface area (Å²) in [6.45, 7) is -1.84. The minimum Gasteiger partial charge on any atom is -0.462 e. The van der Waals surface area contributed by atoms with Crippen molar-refractivity contribution in [2.45, 2.75) is 55.2 Å². The molecule has 21 nitrogen and oxygen atoms in total. The molecule has 6 unspecified atom stereocenters. The van der Waals surface area contributed by atoms with Crippen LogP contribution >= 0.6 is 15.9 Å². The third-order valence-corrected chi connectivity index (χ3v) is 9.64. The first-order valence-electron chi connectivity index (χ1n) is 13.7. The molecule has 11 N–H and O–H groups in total. The second kappa shape index (κ2) is 15.5. The molecule has 2 saturated heterocycles. The highest BCUT2D eigenvalue weighted by atomic mass is 31.2. The summed E-state index contributed by atoms with van der Waals surface area (Å²) >= 11 is 0. The predicted octanol–water partition coefficient (Wildman–Crippen LogP) is -2.72. The number of hydrogen-bond donors (Lipinski definition) is 8. The summed E-state index contributed by atoms with van der Waals surface area (Å²) in [6, 6.07) is 8.29. The van der Waals surface area contributed by atoms with E-state index in [4.69, 9.17) is 29.2 Å². The Morgan fingerprint density at radius 2 is 1.77 bits per heavy atom. The number of H-pyrrole nitrogens is 1. The number of anilines is 1. The molecule has 1 aromatic carbocycles. The SMILES string of the molecule is Nc1nc2c(ncn2[C@@H]2O[C@H](COP(=O)(O)O[P+](=O)CCOC3C(O)[C@@H](O)C(CO)O[C@H]3Oc3ccccc3)[C@@H](O)C2O)c(=O)[nH]1.O. The number of nitrogens with zero attached hydrogens (tertiary/aromatic N) is 3. The normalized spacial score (nSPS) is 30.9. The lowest BCUT2D eigenvalue weighted by molar-refractivity contribution is -0.286. The van der Waals surface area contributed by atoms with Gasteiger partial charge in [0.05, 0.1) is 26.1 Å². The maximum absolute atomic E-state index is 12.5. The van der Waals surface area contributed by atoms with E-state index in [0.29, 0.717) is 5.75 Å². The van der Waals surface area contributed by atoms with Gasteiger partial charge >= 0.3 is 15.9 Å². The second-order valence-corrected chi connectivity index (χ2v) is 13.2.